The van der Waals surface area contributed by atoms with Crippen LogP contribution in [0.5, 0.6) is 0 Å². The first-order valence-electron chi connectivity index (χ1n) is 3.78. The second-order valence-electron chi connectivity index (χ2n) is 2.87. The molecule has 1 aliphatic heterocycles. The lowest BCUT2D eigenvalue weighted by atomic mass is 10.0. The lowest BCUT2D eigenvalue weighted by Crippen LogP contribution is -1.96. The van der Waals surface area contributed by atoms with Gasteiger partial charge in [0, 0.05) is 0 Å². The van der Waals surface area contributed by atoms with Crippen molar-refractivity contribution < 1.29 is 0 Å². The molecule has 2 rings (SSSR count). The Bertz CT molecular complexity index is 302. The van der Waals surface area contributed by atoms with Gasteiger partial charge in [-0.1, -0.05) is 23.8 Å². The molecule has 1 aromatic carbocycles. The van der Waals surface area contributed by atoms with Crippen LogP contribution in [0.15, 0.2) is 28.4 Å². The average Bonchev–Trinajstić information content (AvgIpc) is 2.04. The molecule has 0 aromatic heterocycles. The summed E-state index contributed by atoms with van der Waals surface area (Å²) in [5.74, 6) is 0. The normalized spacial score (nSPS) is 14.6. The summed E-state index contributed by atoms with van der Waals surface area (Å²) in [7, 11) is 0. The third kappa shape index (κ3) is 1.16. The van der Waals surface area contributed by atoms with Crippen LogP contribution >= 0.6 is 0 Å². The first-order chi connectivity index (χ1) is 5.36. The Kier molecular flexibility index (Phi) is 1.46. The van der Waals surface area contributed by atoms with E-state index in [-0.39, 0.29) is 0 Å². The van der Waals surface area contributed by atoms with Crippen molar-refractivity contribution in [2.45, 2.75) is 20.0 Å². The molecule has 0 atom stereocenters. The van der Waals surface area contributed by atoms with Crippen molar-refractivity contribution in [2.24, 2.45) is 10.2 Å². The van der Waals surface area contributed by atoms with E-state index in [2.05, 4.69) is 35.4 Å². The highest BCUT2D eigenvalue weighted by molar-refractivity contribution is 5.32. The van der Waals surface area contributed by atoms with Gasteiger partial charge in [0.25, 0.3) is 0 Å². The Morgan fingerprint density at radius 2 is 1.82 bits per heavy atom. The monoisotopic (exact) mass is 146 g/mol. The van der Waals surface area contributed by atoms with E-state index in [4.69, 9.17) is 0 Å². The minimum atomic E-state index is 0.760. The number of azo groups is 1. The highest BCUT2D eigenvalue weighted by Gasteiger charge is 2.04. The summed E-state index contributed by atoms with van der Waals surface area (Å²) in [6.45, 7) is 3.62. The molecule has 0 aliphatic carbocycles. The van der Waals surface area contributed by atoms with Gasteiger partial charge < -0.3 is 0 Å². The van der Waals surface area contributed by atoms with Crippen LogP contribution in [0.2, 0.25) is 0 Å². The largest absolute Gasteiger partial charge is 0.189 e. The van der Waals surface area contributed by atoms with E-state index in [1.54, 1.807) is 0 Å². The molecule has 2 heteroatoms. The van der Waals surface area contributed by atoms with Crippen LogP contribution in [0, 0.1) is 6.92 Å². The quantitative estimate of drug-likeness (QED) is 0.537. The molecule has 0 amide bonds. The van der Waals surface area contributed by atoms with E-state index in [9.17, 15) is 0 Å². The fourth-order valence-electron chi connectivity index (χ4n) is 1.31. The first-order valence-corrected chi connectivity index (χ1v) is 3.78. The summed E-state index contributed by atoms with van der Waals surface area (Å²) in [5.41, 5.74) is 3.96. The summed E-state index contributed by atoms with van der Waals surface area (Å²) < 4.78 is 0. The Hall–Kier alpha value is -1.18. The van der Waals surface area contributed by atoms with Crippen LogP contribution in [-0.2, 0) is 13.1 Å². The van der Waals surface area contributed by atoms with Crippen molar-refractivity contribution in [3.63, 3.8) is 0 Å². The van der Waals surface area contributed by atoms with Gasteiger partial charge in [0.1, 0.15) is 0 Å². The number of hydrogen-bond donors (Lipinski definition) is 0. The highest BCUT2D eigenvalue weighted by Crippen LogP contribution is 2.17. The highest BCUT2D eigenvalue weighted by atomic mass is 15.1. The van der Waals surface area contributed by atoms with E-state index in [0.29, 0.717) is 0 Å². The van der Waals surface area contributed by atoms with Crippen molar-refractivity contribution in [3.05, 3.63) is 34.9 Å². The van der Waals surface area contributed by atoms with Crippen molar-refractivity contribution >= 4 is 0 Å². The van der Waals surface area contributed by atoms with Gasteiger partial charge in [-0.05, 0) is 18.1 Å². The number of benzene rings is 1. The van der Waals surface area contributed by atoms with E-state index in [1.165, 1.54) is 16.7 Å². The molecule has 2 nitrogen and oxygen atoms in total. The number of nitrogens with zero attached hydrogens (tertiary/aromatic N) is 2. The Balaban J connectivity index is 2.48. The molecule has 0 fully saturated rings. The zero-order valence-electron chi connectivity index (χ0n) is 6.54. The summed E-state index contributed by atoms with van der Waals surface area (Å²) >= 11 is 0. The van der Waals surface area contributed by atoms with Crippen molar-refractivity contribution in [2.75, 3.05) is 0 Å². The van der Waals surface area contributed by atoms with E-state index < -0.39 is 0 Å². The molecule has 11 heavy (non-hydrogen) atoms. The van der Waals surface area contributed by atoms with Gasteiger partial charge in [0.2, 0.25) is 0 Å². The molecule has 0 N–H and O–H groups in total. The fraction of sp³-hybridized carbons (Fsp3) is 0.333. The molecule has 56 valence electrons. The molecule has 1 aliphatic rings. The van der Waals surface area contributed by atoms with Crippen molar-refractivity contribution in [1.29, 1.82) is 0 Å². The third-order valence-corrected chi connectivity index (χ3v) is 1.94. The van der Waals surface area contributed by atoms with E-state index >= 15 is 0 Å². The topological polar surface area (TPSA) is 24.7 Å². The summed E-state index contributed by atoms with van der Waals surface area (Å²) in [4.78, 5) is 0. The van der Waals surface area contributed by atoms with Gasteiger partial charge in [-0.2, -0.15) is 10.2 Å². The van der Waals surface area contributed by atoms with Crippen LogP contribution in [0.1, 0.15) is 16.7 Å². The molecule has 0 saturated heterocycles. The molecular formula is C9H10N2. The van der Waals surface area contributed by atoms with Crippen LogP contribution < -0.4 is 0 Å². The zero-order valence-corrected chi connectivity index (χ0v) is 6.54. The average molecular weight is 146 g/mol. The lowest BCUT2D eigenvalue weighted by molar-refractivity contribution is 0.789. The summed E-state index contributed by atoms with van der Waals surface area (Å²) in [5, 5.41) is 7.96. The molecule has 0 bridgehead atoms. The van der Waals surface area contributed by atoms with Crippen LogP contribution in [0.3, 0.4) is 0 Å². The maximum atomic E-state index is 3.98. The van der Waals surface area contributed by atoms with Crippen molar-refractivity contribution in [3.8, 4) is 0 Å². The summed E-state index contributed by atoms with van der Waals surface area (Å²) in [6.07, 6.45) is 0. The lowest BCUT2D eigenvalue weighted by Gasteiger charge is -2.09. The SMILES string of the molecule is Cc1ccc2c(c1)CN=NC2. The number of hydrogen-bond acceptors (Lipinski definition) is 2. The van der Waals surface area contributed by atoms with Crippen LogP contribution in [-0.4, -0.2) is 0 Å². The second kappa shape index (κ2) is 2.46. The Morgan fingerprint density at radius 1 is 1.09 bits per heavy atom. The van der Waals surface area contributed by atoms with E-state index in [1.807, 2.05) is 0 Å². The smallest absolute Gasteiger partial charge is 0.0852 e. The van der Waals surface area contributed by atoms with Crippen molar-refractivity contribution in [1.82, 2.24) is 0 Å². The molecular weight excluding hydrogens is 136 g/mol. The summed E-state index contributed by atoms with van der Waals surface area (Å²) in [6, 6.07) is 6.45. The molecule has 1 aromatic rings. The maximum Gasteiger partial charge on any atom is 0.0852 e. The van der Waals surface area contributed by atoms with E-state index in [0.717, 1.165) is 13.1 Å². The van der Waals surface area contributed by atoms with Gasteiger partial charge in [0.05, 0.1) is 13.1 Å². The number of rotatable bonds is 0. The van der Waals surface area contributed by atoms with Gasteiger partial charge in [0.15, 0.2) is 0 Å². The second-order valence-corrected chi connectivity index (χ2v) is 2.87. The van der Waals surface area contributed by atoms with Crippen LogP contribution in [0.25, 0.3) is 0 Å². The first kappa shape index (κ1) is 6.53. The maximum absolute atomic E-state index is 3.98. The standard InChI is InChI=1S/C9H10N2/c1-7-2-3-8-5-10-11-6-9(8)4-7/h2-4H,5-6H2,1H3. The molecule has 0 unspecified atom stereocenters. The zero-order chi connectivity index (χ0) is 7.68. The van der Waals surface area contributed by atoms with Gasteiger partial charge in [-0.25, -0.2) is 0 Å². The minimum absolute atomic E-state index is 0.760. The van der Waals surface area contributed by atoms with Crippen LogP contribution in [0.4, 0.5) is 0 Å². The molecule has 0 radical (unpaired) electrons. The molecule has 0 spiro atoms. The van der Waals surface area contributed by atoms with Gasteiger partial charge in [-0.15, -0.1) is 0 Å². The van der Waals surface area contributed by atoms with Gasteiger partial charge >= 0.3 is 0 Å². The minimum Gasteiger partial charge on any atom is -0.189 e. The fourth-order valence-corrected chi connectivity index (χ4v) is 1.31. The molecule has 1 heterocycles. The number of fused-ring (bicyclic) bond motifs is 1. The van der Waals surface area contributed by atoms with Gasteiger partial charge in [-0.3, -0.25) is 0 Å². The molecule has 0 saturated carbocycles. The third-order valence-electron chi connectivity index (χ3n) is 1.94. The Morgan fingerprint density at radius 3 is 2.64 bits per heavy atom. The predicted molar refractivity (Wildman–Crippen MR) is 43.4 cm³/mol. The number of aryl methyl sites for hydroxylation is 1. The predicted octanol–water partition coefficient (Wildman–Crippen LogP) is 2.46. The Labute approximate surface area is 66.0 Å².